The zero-order chi connectivity index (χ0) is 15.2. The zero-order valence-electron chi connectivity index (χ0n) is 12.2. The number of nitrogens with zero attached hydrogens (tertiary/aromatic N) is 1. The third-order valence-electron chi connectivity index (χ3n) is 3.06. The summed E-state index contributed by atoms with van der Waals surface area (Å²) in [5, 5.41) is 2.82. The lowest BCUT2D eigenvalue weighted by Crippen LogP contribution is -2.30. The third kappa shape index (κ3) is 4.14. The van der Waals surface area contributed by atoms with Gasteiger partial charge in [-0.2, -0.15) is 0 Å². The summed E-state index contributed by atoms with van der Waals surface area (Å²) in [6.07, 6.45) is 0. The van der Waals surface area contributed by atoms with Gasteiger partial charge in [-0.3, -0.25) is 0 Å². The summed E-state index contributed by atoms with van der Waals surface area (Å²) in [7, 11) is 3.36. The topological polar surface area (TPSA) is 67.6 Å². The first-order valence-electron chi connectivity index (χ1n) is 6.59. The van der Waals surface area contributed by atoms with E-state index in [1.807, 2.05) is 24.3 Å². The number of amides is 2. The van der Waals surface area contributed by atoms with Gasteiger partial charge in [0.25, 0.3) is 0 Å². The number of ether oxygens (including phenoxy) is 1. The molecule has 0 spiro atoms. The number of nitrogens with one attached hydrogen (secondary N) is 1. The monoisotopic (exact) mass is 285 g/mol. The fourth-order valence-corrected chi connectivity index (χ4v) is 1.90. The molecule has 5 heteroatoms. The number of hydrogen-bond donors (Lipinski definition) is 2. The molecule has 0 heterocycles. The Bertz CT molecular complexity index is 611. The van der Waals surface area contributed by atoms with Crippen LogP contribution in [0.3, 0.4) is 0 Å². The summed E-state index contributed by atoms with van der Waals surface area (Å²) in [6.45, 7) is 0.498. The first kappa shape index (κ1) is 14.7. The molecule has 2 aromatic rings. The minimum Gasteiger partial charge on any atom is -0.497 e. The summed E-state index contributed by atoms with van der Waals surface area (Å²) in [6, 6.07) is 14.5. The van der Waals surface area contributed by atoms with Crippen molar-refractivity contribution in [2.24, 2.45) is 0 Å². The SMILES string of the molecule is COc1cccc(CN(C)C(=O)Nc2ccc(N)cc2)c1. The minimum absolute atomic E-state index is 0.178. The number of urea groups is 1. The fourth-order valence-electron chi connectivity index (χ4n) is 1.90. The van der Waals surface area contributed by atoms with Crippen molar-refractivity contribution in [1.29, 1.82) is 0 Å². The van der Waals surface area contributed by atoms with Crippen LogP contribution in [-0.4, -0.2) is 25.1 Å². The maximum atomic E-state index is 12.1. The lowest BCUT2D eigenvalue weighted by atomic mass is 10.2. The smallest absolute Gasteiger partial charge is 0.321 e. The number of nitrogens with two attached hydrogens (primary N) is 1. The van der Waals surface area contributed by atoms with Crippen LogP contribution in [-0.2, 0) is 6.54 Å². The van der Waals surface area contributed by atoms with E-state index in [1.54, 1.807) is 43.3 Å². The van der Waals surface area contributed by atoms with E-state index in [2.05, 4.69) is 5.32 Å². The molecule has 3 N–H and O–H groups in total. The van der Waals surface area contributed by atoms with E-state index in [-0.39, 0.29) is 6.03 Å². The second-order valence-electron chi connectivity index (χ2n) is 4.76. The first-order valence-corrected chi connectivity index (χ1v) is 6.59. The molecule has 21 heavy (non-hydrogen) atoms. The fraction of sp³-hybridized carbons (Fsp3) is 0.188. The predicted molar refractivity (Wildman–Crippen MR) is 84.3 cm³/mol. The van der Waals surface area contributed by atoms with Gasteiger partial charge in [0.05, 0.1) is 7.11 Å². The van der Waals surface area contributed by atoms with Gasteiger partial charge in [-0.15, -0.1) is 0 Å². The molecule has 0 fully saturated rings. The van der Waals surface area contributed by atoms with Crippen LogP contribution in [0.2, 0.25) is 0 Å². The molecule has 0 aliphatic carbocycles. The maximum Gasteiger partial charge on any atom is 0.321 e. The Labute approximate surface area is 124 Å². The first-order chi connectivity index (χ1) is 10.1. The van der Waals surface area contributed by atoms with Gasteiger partial charge >= 0.3 is 6.03 Å². The van der Waals surface area contributed by atoms with Crippen LogP contribution in [0.1, 0.15) is 5.56 Å². The van der Waals surface area contributed by atoms with E-state index >= 15 is 0 Å². The third-order valence-corrected chi connectivity index (χ3v) is 3.06. The molecule has 0 bridgehead atoms. The van der Waals surface area contributed by atoms with Crippen LogP contribution < -0.4 is 15.8 Å². The van der Waals surface area contributed by atoms with Gasteiger partial charge < -0.3 is 20.7 Å². The molecule has 0 aromatic heterocycles. The lowest BCUT2D eigenvalue weighted by molar-refractivity contribution is 0.220. The van der Waals surface area contributed by atoms with Crippen LogP contribution >= 0.6 is 0 Å². The van der Waals surface area contributed by atoms with Gasteiger partial charge in [-0.05, 0) is 42.0 Å². The van der Waals surface area contributed by atoms with E-state index in [4.69, 9.17) is 10.5 Å². The van der Waals surface area contributed by atoms with Gasteiger partial charge in [0.2, 0.25) is 0 Å². The highest BCUT2D eigenvalue weighted by Gasteiger charge is 2.09. The molecule has 0 radical (unpaired) electrons. The Morgan fingerprint density at radius 3 is 2.62 bits per heavy atom. The van der Waals surface area contributed by atoms with Gasteiger partial charge in [0.15, 0.2) is 0 Å². The number of hydrogen-bond acceptors (Lipinski definition) is 3. The molecule has 2 aromatic carbocycles. The van der Waals surface area contributed by atoms with Crippen molar-refractivity contribution in [3.05, 3.63) is 54.1 Å². The Kier molecular flexibility index (Phi) is 4.66. The predicted octanol–water partition coefficient (Wildman–Crippen LogP) is 2.94. The normalized spacial score (nSPS) is 10.0. The Morgan fingerprint density at radius 1 is 1.24 bits per heavy atom. The Morgan fingerprint density at radius 2 is 1.95 bits per heavy atom. The second kappa shape index (κ2) is 6.65. The number of carbonyl (C=O) groups is 1. The van der Waals surface area contributed by atoms with Crippen molar-refractivity contribution in [2.45, 2.75) is 6.54 Å². The summed E-state index contributed by atoms with van der Waals surface area (Å²) in [5.74, 6) is 0.778. The molecule has 110 valence electrons. The molecule has 2 amide bonds. The van der Waals surface area contributed by atoms with Gasteiger partial charge in [0.1, 0.15) is 5.75 Å². The minimum atomic E-state index is -0.178. The molecule has 0 unspecified atom stereocenters. The molecule has 5 nitrogen and oxygen atoms in total. The molecular formula is C16H19N3O2. The zero-order valence-corrected chi connectivity index (χ0v) is 12.2. The summed E-state index contributed by atoms with van der Waals surface area (Å²) < 4.78 is 5.17. The molecule has 2 rings (SSSR count). The average Bonchev–Trinajstić information content (AvgIpc) is 2.49. The van der Waals surface area contributed by atoms with Gasteiger partial charge in [-0.1, -0.05) is 12.1 Å². The van der Waals surface area contributed by atoms with E-state index < -0.39 is 0 Å². The molecule has 0 aliphatic rings. The van der Waals surface area contributed by atoms with Gasteiger partial charge in [-0.25, -0.2) is 4.79 Å². The largest absolute Gasteiger partial charge is 0.497 e. The number of benzene rings is 2. The maximum absolute atomic E-state index is 12.1. The number of methoxy groups -OCH3 is 1. The lowest BCUT2D eigenvalue weighted by Gasteiger charge is -2.18. The Hall–Kier alpha value is -2.69. The highest BCUT2D eigenvalue weighted by molar-refractivity contribution is 5.89. The average molecular weight is 285 g/mol. The van der Waals surface area contributed by atoms with E-state index in [9.17, 15) is 4.79 Å². The van der Waals surface area contributed by atoms with Crippen molar-refractivity contribution in [3.8, 4) is 5.75 Å². The second-order valence-corrected chi connectivity index (χ2v) is 4.76. The van der Waals surface area contributed by atoms with E-state index in [0.717, 1.165) is 11.3 Å². The molecule has 0 saturated carbocycles. The van der Waals surface area contributed by atoms with E-state index in [1.165, 1.54) is 0 Å². The highest BCUT2D eigenvalue weighted by atomic mass is 16.5. The van der Waals surface area contributed by atoms with Crippen LogP contribution in [0, 0.1) is 0 Å². The Balaban J connectivity index is 1.97. The quantitative estimate of drug-likeness (QED) is 0.849. The summed E-state index contributed by atoms with van der Waals surface area (Å²) >= 11 is 0. The van der Waals surface area contributed by atoms with E-state index in [0.29, 0.717) is 17.9 Å². The van der Waals surface area contributed by atoms with Crippen LogP contribution in [0.25, 0.3) is 0 Å². The molecular weight excluding hydrogens is 266 g/mol. The summed E-state index contributed by atoms with van der Waals surface area (Å²) in [4.78, 5) is 13.7. The van der Waals surface area contributed by atoms with Gasteiger partial charge in [0, 0.05) is 25.0 Å². The number of anilines is 2. The highest BCUT2D eigenvalue weighted by Crippen LogP contribution is 2.15. The van der Waals surface area contributed by atoms with Crippen LogP contribution in [0.15, 0.2) is 48.5 Å². The van der Waals surface area contributed by atoms with Crippen LogP contribution in [0.4, 0.5) is 16.2 Å². The number of carbonyl (C=O) groups excluding carboxylic acids is 1. The molecule has 0 atom stereocenters. The van der Waals surface area contributed by atoms with Crippen LogP contribution in [0.5, 0.6) is 5.75 Å². The summed E-state index contributed by atoms with van der Waals surface area (Å²) in [5.41, 5.74) is 7.99. The van der Waals surface area contributed by atoms with Crippen molar-refractivity contribution >= 4 is 17.4 Å². The number of rotatable bonds is 4. The van der Waals surface area contributed by atoms with Crippen molar-refractivity contribution in [3.63, 3.8) is 0 Å². The number of nitrogen functional groups attached to an aromatic ring is 1. The van der Waals surface area contributed by atoms with Crippen molar-refractivity contribution in [2.75, 3.05) is 25.2 Å². The van der Waals surface area contributed by atoms with Crippen molar-refractivity contribution in [1.82, 2.24) is 4.90 Å². The molecule has 0 saturated heterocycles. The standard InChI is InChI=1S/C16H19N3O2/c1-19(11-12-4-3-5-15(10-12)21-2)16(20)18-14-8-6-13(17)7-9-14/h3-10H,11,17H2,1-2H3,(H,18,20). The molecule has 0 aliphatic heterocycles. The van der Waals surface area contributed by atoms with Crippen molar-refractivity contribution < 1.29 is 9.53 Å².